The van der Waals surface area contributed by atoms with E-state index < -0.39 is 0 Å². The Hall–Kier alpha value is -1.91. The maximum Gasteiger partial charge on any atom is 0.320 e. The van der Waals surface area contributed by atoms with E-state index in [1.54, 1.807) is 14.2 Å². The first kappa shape index (κ1) is 17.4. The summed E-state index contributed by atoms with van der Waals surface area (Å²) in [5, 5.41) is 0. The van der Waals surface area contributed by atoms with Crippen molar-refractivity contribution in [3.8, 4) is 11.5 Å². The van der Waals surface area contributed by atoms with Gasteiger partial charge in [0.2, 0.25) is 0 Å². The fourth-order valence-electron chi connectivity index (χ4n) is 3.34. The van der Waals surface area contributed by atoms with Crippen LogP contribution in [0.2, 0.25) is 0 Å². The molecule has 0 saturated carbocycles. The molecule has 1 aliphatic rings. The van der Waals surface area contributed by atoms with Gasteiger partial charge < -0.3 is 19.3 Å². The third-order valence-corrected chi connectivity index (χ3v) is 4.59. The summed E-state index contributed by atoms with van der Waals surface area (Å²) in [4.78, 5) is 16.5. The SMILES string of the molecule is CCN(CC)C(=O)N1Cc2cc(OC)c(OC)cc2C(C)(C)C1. The molecule has 5 heteroatoms. The van der Waals surface area contributed by atoms with Crippen molar-refractivity contribution in [2.45, 2.75) is 39.7 Å². The number of fused-ring (bicyclic) bond motifs is 1. The molecule has 0 aromatic heterocycles. The highest BCUT2D eigenvalue weighted by atomic mass is 16.5. The Balaban J connectivity index is 2.41. The van der Waals surface area contributed by atoms with E-state index in [0.29, 0.717) is 18.8 Å². The topological polar surface area (TPSA) is 42.0 Å². The molecule has 0 spiro atoms. The lowest BCUT2D eigenvalue weighted by molar-refractivity contribution is 0.137. The quantitative estimate of drug-likeness (QED) is 0.855. The Morgan fingerprint density at radius 2 is 1.74 bits per heavy atom. The van der Waals surface area contributed by atoms with Crippen molar-refractivity contribution in [3.63, 3.8) is 0 Å². The molecule has 1 heterocycles. The zero-order valence-corrected chi connectivity index (χ0v) is 15.1. The highest BCUT2D eigenvalue weighted by Gasteiger charge is 2.36. The molecule has 0 saturated heterocycles. The smallest absolute Gasteiger partial charge is 0.320 e. The van der Waals surface area contributed by atoms with Gasteiger partial charge in [0.05, 0.1) is 14.2 Å². The van der Waals surface area contributed by atoms with Crippen LogP contribution in [0.3, 0.4) is 0 Å². The maximum atomic E-state index is 12.7. The van der Waals surface area contributed by atoms with Crippen LogP contribution in [-0.4, -0.2) is 49.7 Å². The Morgan fingerprint density at radius 1 is 1.17 bits per heavy atom. The fraction of sp³-hybridized carbons (Fsp3) is 0.611. The lowest BCUT2D eigenvalue weighted by Crippen LogP contribution is -2.50. The van der Waals surface area contributed by atoms with Gasteiger partial charge in [0.25, 0.3) is 0 Å². The molecule has 128 valence electrons. The fourth-order valence-corrected chi connectivity index (χ4v) is 3.34. The molecule has 0 radical (unpaired) electrons. The number of rotatable bonds is 4. The van der Waals surface area contributed by atoms with E-state index in [4.69, 9.17) is 9.47 Å². The van der Waals surface area contributed by atoms with Crippen LogP contribution in [0.1, 0.15) is 38.8 Å². The molecule has 1 aromatic rings. The van der Waals surface area contributed by atoms with E-state index in [1.807, 2.05) is 35.8 Å². The van der Waals surface area contributed by atoms with Crippen LogP contribution in [0.5, 0.6) is 11.5 Å². The van der Waals surface area contributed by atoms with Crippen LogP contribution in [0.25, 0.3) is 0 Å². The summed E-state index contributed by atoms with van der Waals surface area (Å²) in [6.07, 6.45) is 0. The molecule has 0 N–H and O–H groups in total. The third-order valence-electron chi connectivity index (χ3n) is 4.59. The van der Waals surface area contributed by atoms with Crippen LogP contribution >= 0.6 is 0 Å². The summed E-state index contributed by atoms with van der Waals surface area (Å²) >= 11 is 0. The van der Waals surface area contributed by atoms with Gasteiger partial charge in [-0.05, 0) is 37.1 Å². The molecule has 1 aromatic carbocycles. The van der Waals surface area contributed by atoms with Crippen molar-refractivity contribution < 1.29 is 14.3 Å². The second-order valence-electron chi connectivity index (χ2n) is 6.56. The Morgan fingerprint density at radius 3 is 2.26 bits per heavy atom. The van der Waals surface area contributed by atoms with Gasteiger partial charge in [0.1, 0.15) is 0 Å². The number of nitrogens with zero attached hydrogens (tertiary/aromatic N) is 2. The monoisotopic (exact) mass is 320 g/mol. The standard InChI is InChI=1S/C18H28N2O3/c1-7-19(8-2)17(21)20-11-13-9-15(22-5)16(23-6)10-14(13)18(3,4)12-20/h9-10H,7-8,11-12H2,1-6H3. The summed E-state index contributed by atoms with van der Waals surface area (Å²) in [5.74, 6) is 1.45. The molecule has 5 nitrogen and oxygen atoms in total. The second kappa shape index (κ2) is 6.69. The Labute approximate surface area is 139 Å². The summed E-state index contributed by atoms with van der Waals surface area (Å²) in [6, 6.07) is 4.15. The minimum atomic E-state index is -0.129. The van der Waals surface area contributed by atoms with E-state index in [0.717, 1.165) is 24.4 Å². The van der Waals surface area contributed by atoms with Gasteiger partial charge in [-0.15, -0.1) is 0 Å². The molecular formula is C18H28N2O3. The first-order chi connectivity index (χ1) is 10.9. The number of hydrogen-bond acceptors (Lipinski definition) is 3. The number of ether oxygens (including phenoxy) is 2. The molecular weight excluding hydrogens is 292 g/mol. The third kappa shape index (κ3) is 3.23. The summed E-state index contributed by atoms with van der Waals surface area (Å²) < 4.78 is 10.8. The van der Waals surface area contributed by atoms with Crippen molar-refractivity contribution in [3.05, 3.63) is 23.3 Å². The number of amides is 2. The van der Waals surface area contributed by atoms with Crippen LogP contribution in [0.15, 0.2) is 12.1 Å². The van der Waals surface area contributed by atoms with Crippen molar-refractivity contribution >= 4 is 6.03 Å². The number of carbonyl (C=O) groups excluding carboxylic acids is 1. The first-order valence-corrected chi connectivity index (χ1v) is 8.17. The average molecular weight is 320 g/mol. The normalized spacial score (nSPS) is 15.8. The van der Waals surface area contributed by atoms with Crippen LogP contribution in [0.4, 0.5) is 4.79 Å². The Bertz CT molecular complexity index is 580. The van der Waals surface area contributed by atoms with Crippen LogP contribution < -0.4 is 9.47 Å². The molecule has 1 aliphatic heterocycles. The molecule has 0 bridgehead atoms. The highest BCUT2D eigenvalue weighted by Crippen LogP contribution is 2.40. The number of methoxy groups -OCH3 is 2. The lowest BCUT2D eigenvalue weighted by atomic mass is 9.78. The van der Waals surface area contributed by atoms with Gasteiger partial charge in [-0.3, -0.25) is 0 Å². The minimum Gasteiger partial charge on any atom is -0.493 e. The molecule has 2 amide bonds. The summed E-state index contributed by atoms with van der Waals surface area (Å²) in [7, 11) is 3.29. The second-order valence-corrected chi connectivity index (χ2v) is 6.56. The van der Waals surface area contributed by atoms with Crippen LogP contribution in [-0.2, 0) is 12.0 Å². The van der Waals surface area contributed by atoms with Crippen molar-refractivity contribution in [2.24, 2.45) is 0 Å². The van der Waals surface area contributed by atoms with Crippen molar-refractivity contribution in [1.29, 1.82) is 0 Å². The first-order valence-electron chi connectivity index (χ1n) is 8.17. The van der Waals surface area contributed by atoms with Crippen LogP contribution in [0, 0.1) is 0 Å². The van der Waals surface area contributed by atoms with E-state index in [2.05, 4.69) is 13.8 Å². The van der Waals surface area contributed by atoms with Crippen molar-refractivity contribution in [2.75, 3.05) is 33.9 Å². The van der Waals surface area contributed by atoms with Crippen molar-refractivity contribution in [1.82, 2.24) is 9.80 Å². The Kier molecular flexibility index (Phi) is 5.07. The number of carbonyl (C=O) groups is 1. The number of benzene rings is 1. The maximum absolute atomic E-state index is 12.7. The van der Waals surface area contributed by atoms with Gasteiger partial charge in [-0.2, -0.15) is 0 Å². The molecule has 0 aliphatic carbocycles. The van der Waals surface area contributed by atoms with Gasteiger partial charge >= 0.3 is 6.03 Å². The highest BCUT2D eigenvalue weighted by molar-refractivity contribution is 5.75. The minimum absolute atomic E-state index is 0.100. The summed E-state index contributed by atoms with van der Waals surface area (Å²) in [5.41, 5.74) is 2.22. The van der Waals surface area contributed by atoms with Gasteiger partial charge in [0.15, 0.2) is 11.5 Å². The zero-order valence-electron chi connectivity index (χ0n) is 15.1. The lowest BCUT2D eigenvalue weighted by Gasteiger charge is -2.41. The predicted octanol–water partition coefficient (Wildman–Crippen LogP) is 3.26. The van der Waals surface area contributed by atoms with E-state index in [1.165, 1.54) is 5.56 Å². The number of urea groups is 1. The molecule has 23 heavy (non-hydrogen) atoms. The zero-order chi connectivity index (χ0) is 17.2. The van der Waals surface area contributed by atoms with E-state index in [9.17, 15) is 4.79 Å². The molecule has 0 fully saturated rings. The molecule has 2 rings (SSSR count). The largest absolute Gasteiger partial charge is 0.493 e. The summed E-state index contributed by atoms with van der Waals surface area (Å²) in [6.45, 7) is 11.1. The van der Waals surface area contributed by atoms with E-state index >= 15 is 0 Å². The van der Waals surface area contributed by atoms with Gasteiger partial charge in [-0.1, -0.05) is 13.8 Å². The predicted molar refractivity (Wildman–Crippen MR) is 91.3 cm³/mol. The van der Waals surface area contributed by atoms with Gasteiger partial charge in [0, 0.05) is 31.6 Å². The molecule has 0 unspecified atom stereocenters. The van der Waals surface area contributed by atoms with E-state index in [-0.39, 0.29) is 11.4 Å². The number of hydrogen-bond donors (Lipinski definition) is 0. The van der Waals surface area contributed by atoms with Gasteiger partial charge in [-0.25, -0.2) is 4.79 Å². The molecule has 0 atom stereocenters. The average Bonchev–Trinajstić information content (AvgIpc) is 2.53.